The van der Waals surface area contributed by atoms with E-state index in [2.05, 4.69) is 32.0 Å². The number of rotatable bonds is 5. The van der Waals surface area contributed by atoms with Crippen molar-refractivity contribution in [3.8, 4) is 6.07 Å². The van der Waals surface area contributed by atoms with Gasteiger partial charge in [0.15, 0.2) is 11.6 Å². The molecular formula is C16H16N6O. The third-order valence-corrected chi connectivity index (χ3v) is 3.59. The van der Waals surface area contributed by atoms with Crippen LogP contribution < -0.4 is 16.0 Å². The molecule has 0 fully saturated rings. The van der Waals surface area contributed by atoms with E-state index in [-0.39, 0.29) is 11.9 Å². The number of carbonyl (C=O) groups is 1. The van der Waals surface area contributed by atoms with Gasteiger partial charge in [-0.25, -0.2) is 9.97 Å². The van der Waals surface area contributed by atoms with Crippen molar-refractivity contribution in [1.29, 1.82) is 5.26 Å². The van der Waals surface area contributed by atoms with Gasteiger partial charge in [-0.1, -0.05) is 12.1 Å². The van der Waals surface area contributed by atoms with E-state index in [9.17, 15) is 4.79 Å². The molecule has 116 valence electrons. The van der Waals surface area contributed by atoms with Crippen molar-refractivity contribution in [3.63, 3.8) is 0 Å². The molecule has 1 amide bonds. The Balaban J connectivity index is 1.47. The standard InChI is InChI=1S/C16H16N6O/c17-9-12-3-1-11(2-4-12)5-6-18-10-13-16(23)22-15-14(21-13)19-7-8-20-15/h1-4,7-8,13,18H,5-6,10H2,(H,19,21)(H,20,22,23). The molecule has 7 nitrogen and oxygen atoms in total. The van der Waals surface area contributed by atoms with Crippen molar-refractivity contribution in [2.75, 3.05) is 23.7 Å². The molecule has 0 aliphatic carbocycles. The summed E-state index contributed by atoms with van der Waals surface area (Å²) in [6, 6.07) is 9.22. The fourth-order valence-corrected chi connectivity index (χ4v) is 2.34. The molecule has 1 aliphatic rings. The Morgan fingerprint density at radius 1 is 1.17 bits per heavy atom. The van der Waals surface area contributed by atoms with E-state index in [1.807, 2.05) is 12.1 Å². The van der Waals surface area contributed by atoms with Gasteiger partial charge >= 0.3 is 0 Å². The number of aromatic nitrogens is 2. The maximum Gasteiger partial charge on any atom is 0.249 e. The molecule has 0 bridgehead atoms. The number of nitrogens with one attached hydrogen (secondary N) is 3. The Morgan fingerprint density at radius 3 is 2.65 bits per heavy atom. The zero-order valence-corrected chi connectivity index (χ0v) is 12.4. The van der Waals surface area contributed by atoms with Crippen LogP contribution in [0, 0.1) is 11.3 Å². The fourth-order valence-electron chi connectivity index (χ4n) is 2.34. The summed E-state index contributed by atoms with van der Waals surface area (Å²) in [6.45, 7) is 1.24. The van der Waals surface area contributed by atoms with E-state index in [1.165, 1.54) is 6.20 Å². The average Bonchev–Trinajstić information content (AvgIpc) is 2.59. The summed E-state index contributed by atoms with van der Waals surface area (Å²) in [5.41, 5.74) is 1.80. The second kappa shape index (κ2) is 6.85. The van der Waals surface area contributed by atoms with Gasteiger partial charge in [-0.15, -0.1) is 0 Å². The molecule has 1 aromatic heterocycles. The summed E-state index contributed by atoms with van der Waals surface area (Å²) in [5.74, 6) is 0.932. The Bertz CT molecular complexity index is 737. The first kappa shape index (κ1) is 14.9. The van der Waals surface area contributed by atoms with Gasteiger partial charge < -0.3 is 16.0 Å². The van der Waals surface area contributed by atoms with Gasteiger partial charge in [-0.3, -0.25) is 4.79 Å². The molecule has 1 atom stereocenters. The topological polar surface area (TPSA) is 103 Å². The minimum absolute atomic E-state index is 0.121. The average molecular weight is 308 g/mol. The number of nitrogens with zero attached hydrogens (tertiary/aromatic N) is 3. The molecule has 1 aromatic carbocycles. The maximum atomic E-state index is 12.0. The van der Waals surface area contributed by atoms with Crippen molar-refractivity contribution in [2.24, 2.45) is 0 Å². The summed E-state index contributed by atoms with van der Waals surface area (Å²) in [5, 5.41) is 17.8. The van der Waals surface area contributed by atoms with Gasteiger partial charge in [0.25, 0.3) is 0 Å². The van der Waals surface area contributed by atoms with Crippen molar-refractivity contribution in [3.05, 3.63) is 47.8 Å². The van der Waals surface area contributed by atoms with Gasteiger partial charge in [0.2, 0.25) is 5.91 Å². The zero-order valence-electron chi connectivity index (χ0n) is 12.4. The number of anilines is 2. The lowest BCUT2D eigenvalue weighted by atomic mass is 10.1. The smallest absolute Gasteiger partial charge is 0.249 e. The number of hydrogen-bond donors (Lipinski definition) is 3. The fraction of sp³-hybridized carbons (Fsp3) is 0.250. The minimum Gasteiger partial charge on any atom is -0.354 e. The number of fused-ring (bicyclic) bond motifs is 1. The monoisotopic (exact) mass is 308 g/mol. The number of nitriles is 1. The lowest BCUT2D eigenvalue weighted by Crippen LogP contribution is -2.46. The van der Waals surface area contributed by atoms with Crippen LogP contribution >= 0.6 is 0 Å². The third-order valence-electron chi connectivity index (χ3n) is 3.59. The quantitative estimate of drug-likeness (QED) is 0.710. The van der Waals surface area contributed by atoms with Gasteiger partial charge in [-0.05, 0) is 30.7 Å². The summed E-state index contributed by atoms with van der Waals surface area (Å²) in [6.07, 6.45) is 3.95. The summed E-state index contributed by atoms with van der Waals surface area (Å²) < 4.78 is 0. The van der Waals surface area contributed by atoms with Crippen molar-refractivity contribution in [1.82, 2.24) is 15.3 Å². The van der Waals surface area contributed by atoms with E-state index in [4.69, 9.17) is 5.26 Å². The molecule has 7 heteroatoms. The zero-order chi connectivity index (χ0) is 16.1. The second-order valence-corrected chi connectivity index (χ2v) is 5.20. The summed E-state index contributed by atoms with van der Waals surface area (Å²) in [4.78, 5) is 20.2. The first-order valence-corrected chi connectivity index (χ1v) is 7.34. The molecule has 23 heavy (non-hydrogen) atoms. The van der Waals surface area contributed by atoms with E-state index in [0.29, 0.717) is 23.7 Å². The highest BCUT2D eigenvalue weighted by Gasteiger charge is 2.26. The van der Waals surface area contributed by atoms with Crippen LogP contribution in [-0.2, 0) is 11.2 Å². The molecule has 0 saturated heterocycles. The van der Waals surface area contributed by atoms with Crippen LogP contribution in [0.2, 0.25) is 0 Å². The highest BCUT2D eigenvalue weighted by atomic mass is 16.2. The van der Waals surface area contributed by atoms with Crippen LogP contribution in [0.25, 0.3) is 0 Å². The molecule has 2 heterocycles. The van der Waals surface area contributed by atoms with Crippen LogP contribution in [0.1, 0.15) is 11.1 Å². The van der Waals surface area contributed by atoms with Gasteiger partial charge in [0.1, 0.15) is 6.04 Å². The van der Waals surface area contributed by atoms with Crippen molar-refractivity contribution >= 4 is 17.5 Å². The molecular weight excluding hydrogens is 292 g/mol. The van der Waals surface area contributed by atoms with Crippen molar-refractivity contribution < 1.29 is 4.79 Å². The highest BCUT2D eigenvalue weighted by Crippen LogP contribution is 2.20. The SMILES string of the molecule is N#Cc1ccc(CCNCC2Nc3nccnc3NC2=O)cc1. The minimum atomic E-state index is -0.375. The second-order valence-electron chi connectivity index (χ2n) is 5.20. The van der Waals surface area contributed by atoms with Crippen LogP contribution in [0.15, 0.2) is 36.7 Å². The third kappa shape index (κ3) is 3.62. The summed E-state index contributed by atoms with van der Waals surface area (Å²) >= 11 is 0. The molecule has 2 aromatic rings. The molecule has 3 rings (SSSR count). The maximum absolute atomic E-state index is 12.0. The molecule has 1 aliphatic heterocycles. The molecule has 0 saturated carbocycles. The molecule has 3 N–H and O–H groups in total. The summed E-state index contributed by atoms with van der Waals surface area (Å²) in [7, 11) is 0. The first-order valence-electron chi connectivity index (χ1n) is 7.34. The lowest BCUT2D eigenvalue weighted by molar-refractivity contribution is -0.117. The first-order chi connectivity index (χ1) is 11.3. The van der Waals surface area contributed by atoms with Gasteiger partial charge in [0, 0.05) is 18.9 Å². The van der Waals surface area contributed by atoms with Crippen LogP contribution in [0.3, 0.4) is 0 Å². The number of benzene rings is 1. The predicted molar refractivity (Wildman–Crippen MR) is 85.8 cm³/mol. The van der Waals surface area contributed by atoms with E-state index < -0.39 is 0 Å². The van der Waals surface area contributed by atoms with Crippen LogP contribution in [0.5, 0.6) is 0 Å². The lowest BCUT2D eigenvalue weighted by Gasteiger charge is -2.25. The Morgan fingerprint density at radius 2 is 1.91 bits per heavy atom. The number of carbonyl (C=O) groups excluding carboxylic acids is 1. The van der Waals surface area contributed by atoms with Crippen molar-refractivity contribution in [2.45, 2.75) is 12.5 Å². The highest BCUT2D eigenvalue weighted by molar-refractivity contribution is 6.01. The Hall–Kier alpha value is -2.98. The van der Waals surface area contributed by atoms with Gasteiger partial charge in [0.05, 0.1) is 11.6 Å². The number of amides is 1. The molecule has 1 unspecified atom stereocenters. The number of hydrogen-bond acceptors (Lipinski definition) is 6. The Labute approximate surface area is 133 Å². The molecule has 0 radical (unpaired) electrons. The Kier molecular flexibility index (Phi) is 4.45. The largest absolute Gasteiger partial charge is 0.354 e. The van der Waals surface area contributed by atoms with Crippen LogP contribution in [-0.4, -0.2) is 35.0 Å². The van der Waals surface area contributed by atoms with Gasteiger partial charge in [-0.2, -0.15) is 5.26 Å². The normalized spacial score (nSPS) is 16.0. The van der Waals surface area contributed by atoms with Crippen LogP contribution in [0.4, 0.5) is 11.6 Å². The van der Waals surface area contributed by atoms with E-state index >= 15 is 0 Å². The predicted octanol–water partition coefficient (Wildman–Crippen LogP) is 0.913. The molecule has 0 spiro atoms. The van der Waals surface area contributed by atoms with E-state index in [0.717, 1.165) is 18.5 Å². The van der Waals surface area contributed by atoms with E-state index in [1.54, 1.807) is 18.3 Å².